The van der Waals surface area contributed by atoms with Crippen LogP contribution in [-0.2, 0) is 4.74 Å². The van der Waals surface area contributed by atoms with Crippen LogP contribution in [0.2, 0.25) is 5.02 Å². The van der Waals surface area contributed by atoms with E-state index in [1.807, 2.05) is 18.2 Å². The lowest BCUT2D eigenvalue weighted by Gasteiger charge is -2.23. The Bertz CT molecular complexity index is 1320. The molecule has 11 heteroatoms. The summed E-state index contributed by atoms with van der Waals surface area (Å²) in [6.07, 6.45) is 9.00. The number of ether oxygens (including phenoxy) is 1. The minimum atomic E-state index is -0.272. The molecular formula is C24H25ClN6O2S2. The van der Waals surface area contributed by atoms with Crippen molar-refractivity contribution in [2.24, 2.45) is 5.92 Å². The van der Waals surface area contributed by atoms with E-state index in [4.69, 9.17) is 16.3 Å². The number of hydrogen-bond acceptors (Lipinski definition) is 8. The van der Waals surface area contributed by atoms with Crippen molar-refractivity contribution in [2.45, 2.75) is 25.8 Å². The summed E-state index contributed by atoms with van der Waals surface area (Å²) in [6.45, 7) is 3.41. The predicted octanol–water partition coefficient (Wildman–Crippen LogP) is 5.48. The predicted molar refractivity (Wildman–Crippen MR) is 141 cm³/mol. The zero-order valence-corrected chi connectivity index (χ0v) is 21.5. The van der Waals surface area contributed by atoms with Crippen LogP contribution in [0.15, 0.2) is 49.1 Å². The molecule has 0 spiro atoms. The summed E-state index contributed by atoms with van der Waals surface area (Å²) < 4.78 is 10.7. The fourth-order valence-electron chi connectivity index (χ4n) is 4.02. The molecule has 1 unspecified atom stereocenters. The van der Waals surface area contributed by atoms with Crippen LogP contribution in [0, 0.1) is 5.92 Å². The van der Waals surface area contributed by atoms with E-state index in [9.17, 15) is 4.79 Å². The zero-order chi connectivity index (χ0) is 24.2. The summed E-state index contributed by atoms with van der Waals surface area (Å²) in [5.74, 6) is 0.930. The molecule has 0 aliphatic carbocycles. The van der Waals surface area contributed by atoms with E-state index < -0.39 is 0 Å². The third-order valence-corrected chi connectivity index (χ3v) is 8.02. The highest BCUT2D eigenvalue weighted by atomic mass is 35.5. The van der Waals surface area contributed by atoms with E-state index in [1.165, 1.54) is 11.3 Å². The Morgan fingerprint density at radius 3 is 3.09 bits per heavy atom. The fourth-order valence-corrected chi connectivity index (χ4v) is 5.62. The quantitative estimate of drug-likeness (QED) is 0.219. The highest BCUT2D eigenvalue weighted by Crippen LogP contribution is 2.33. The molecule has 1 amide bonds. The lowest BCUT2D eigenvalue weighted by atomic mass is 9.95. The van der Waals surface area contributed by atoms with Crippen molar-refractivity contribution in [2.75, 3.05) is 23.7 Å². The lowest BCUT2D eigenvalue weighted by Crippen LogP contribution is -2.34. The van der Waals surface area contributed by atoms with Gasteiger partial charge in [0.05, 0.1) is 34.9 Å². The molecule has 5 heterocycles. The average Bonchev–Trinajstić information content (AvgIpc) is 3.63. The molecule has 35 heavy (non-hydrogen) atoms. The number of rotatable bonds is 9. The van der Waals surface area contributed by atoms with E-state index in [0.29, 0.717) is 23.2 Å². The van der Waals surface area contributed by atoms with E-state index in [0.717, 1.165) is 45.9 Å². The molecular weight excluding hydrogens is 504 g/mol. The molecule has 5 rings (SSSR count). The van der Waals surface area contributed by atoms with Crippen LogP contribution in [0.25, 0.3) is 16.0 Å². The Labute approximate surface area is 216 Å². The van der Waals surface area contributed by atoms with E-state index in [2.05, 4.69) is 32.0 Å². The number of hydrogen-bond donors (Lipinski definition) is 2. The van der Waals surface area contributed by atoms with E-state index in [1.54, 1.807) is 47.3 Å². The molecule has 0 radical (unpaired) electrons. The summed E-state index contributed by atoms with van der Waals surface area (Å²) in [5, 5.41) is 8.57. The number of amides is 1. The van der Waals surface area contributed by atoms with Crippen LogP contribution in [-0.4, -0.2) is 44.5 Å². The van der Waals surface area contributed by atoms with E-state index in [-0.39, 0.29) is 17.9 Å². The van der Waals surface area contributed by atoms with Crippen molar-refractivity contribution in [3.8, 4) is 10.4 Å². The van der Waals surface area contributed by atoms with Crippen LogP contribution in [0.1, 0.15) is 41.3 Å². The number of nitrogens with zero attached hydrogens (tertiary/aromatic N) is 4. The van der Waals surface area contributed by atoms with Crippen LogP contribution in [0.5, 0.6) is 0 Å². The summed E-state index contributed by atoms with van der Waals surface area (Å²) in [6, 6.07) is 7.30. The SMILES string of the molecule is CCCSNc1ccnc(C(NC(=O)c2ncc(-c3cnn4ccc(Cl)cc34)s2)[C@@H]2CCOC2)c1. The minimum Gasteiger partial charge on any atom is -0.381 e. The Hall–Kier alpha value is -2.66. The van der Waals surface area contributed by atoms with Gasteiger partial charge in [-0.15, -0.1) is 11.3 Å². The average molecular weight is 529 g/mol. The number of nitrogens with one attached hydrogen (secondary N) is 2. The van der Waals surface area contributed by atoms with Crippen molar-refractivity contribution < 1.29 is 9.53 Å². The standard InChI is InChI=1S/C24H25ClN6O2S2/c1-2-9-34-30-17-3-6-26-19(11-17)22(15-5-8-33-14-15)29-23(32)24-27-13-21(35-24)18-12-28-31-7-4-16(25)10-20(18)31/h3-4,6-7,10-13,15,22H,2,5,8-9,14H2,1H3,(H,26,30)(H,29,32)/t15-,22?/m1/s1. The second-order valence-electron chi connectivity index (χ2n) is 8.26. The second kappa shape index (κ2) is 10.9. The first-order chi connectivity index (χ1) is 17.1. The number of anilines is 1. The van der Waals surface area contributed by atoms with Crippen molar-refractivity contribution in [3.63, 3.8) is 0 Å². The number of halogens is 1. The molecule has 1 fully saturated rings. The van der Waals surface area contributed by atoms with Crippen LogP contribution in [0.3, 0.4) is 0 Å². The third kappa shape index (κ3) is 5.45. The van der Waals surface area contributed by atoms with Crippen molar-refractivity contribution in [3.05, 3.63) is 64.8 Å². The van der Waals surface area contributed by atoms with Gasteiger partial charge in [-0.3, -0.25) is 9.78 Å². The van der Waals surface area contributed by atoms with Gasteiger partial charge in [-0.05, 0) is 37.1 Å². The first-order valence-corrected chi connectivity index (χ1v) is 13.6. The van der Waals surface area contributed by atoms with E-state index >= 15 is 0 Å². The maximum absolute atomic E-state index is 13.3. The smallest absolute Gasteiger partial charge is 0.280 e. The Morgan fingerprint density at radius 1 is 1.34 bits per heavy atom. The van der Waals surface area contributed by atoms with Gasteiger partial charge in [0.2, 0.25) is 0 Å². The summed E-state index contributed by atoms with van der Waals surface area (Å²) >= 11 is 9.16. The number of carbonyl (C=O) groups excluding carboxylic acids is 1. The number of carbonyl (C=O) groups is 1. The Balaban J connectivity index is 1.37. The highest BCUT2D eigenvalue weighted by Gasteiger charge is 2.31. The van der Waals surface area contributed by atoms with Gasteiger partial charge in [0.25, 0.3) is 5.91 Å². The van der Waals surface area contributed by atoms with Gasteiger partial charge in [0.15, 0.2) is 5.01 Å². The Kier molecular flexibility index (Phi) is 7.52. The van der Waals surface area contributed by atoms with Gasteiger partial charge >= 0.3 is 0 Å². The fraction of sp³-hybridized carbons (Fsp3) is 0.333. The lowest BCUT2D eigenvalue weighted by molar-refractivity contribution is 0.0914. The van der Waals surface area contributed by atoms with Crippen LogP contribution >= 0.6 is 34.9 Å². The number of fused-ring (bicyclic) bond motifs is 1. The molecule has 2 N–H and O–H groups in total. The minimum absolute atomic E-state index is 0.145. The van der Waals surface area contributed by atoms with Crippen molar-refractivity contribution in [1.29, 1.82) is 0 Å². The summed E-state index contributed by atoms with van der Waals surface area (Å²) in [7, 11) is 0. The van der Waals surface area contributed by atoms with Crippen LogP contribution < -0.4 is 10.0 Å². The Morgan fingerprint density at radius 2 is 2.26 bits per heavy atom. The molecule has 4 aromatic rings. The molecule has 0 bridgehead atoms. The topological polar surface area (TPSA) is 93.4 Å². The van der Waals surface area contributed by atoms with Gasteiger partial charge < -0.3 is 14.8 Å². The highest BCUT2D eigenvalue weighted by molar-refractivity contribution is 8.00. The van der Waals surface area contributed by atoms with Gasteiger partial charge in [0.1, 0.15) is 0 Å². The first kappa shape index (κ1) is 24.1. The molecule has 1 saturated heterocycles. The largest absolute Gasteiger partial charge is 0.381 e. The number of aromatic nitrogens is 4. The third-order valence-electron chi connectivity index (χ3n) is 5.77. The van der Waals surface area contributed by atoms with Gasteiger partial charge in [-0.25, -0.2) is 9.50 Å². The zero-order valence-electron chi connectivity index (χ0n) is 19.1. The monoisotopic (exact) mass is 528 g/mol. The molecule has 2 atom stereocenters. The first-order valence-electron chi connectivity index (χ1n) is 11.4. The molecule has 4 aromatic heterocycles. The molecule has 1 aliphatic heterocycles. The van der Waals surface area contributed by atoms with Crippen molar-refractivity contribution >= 4 is 52.0 Å². The molecule has 8 nitrogen and oxygen atoms in total. The maximum Gasteiger partial charge on any atom is 0.280 e. The van der Waals surface area contributed by atoms with Gasteiger partial charge in [-0.1, -0.05) is 30.5 Å². The molecule has 182 valence electrons. The number of pyridine rings is 2. The number of thiazole rings is 1. The molecule has 1 aliphatic rings. The normalized spacial score (nSPS) is 16.5. The molecule has 0 aromatic carbocycles. The summed E-state index contributed by atoms with van der Waals surface area (Å²) in [5.41, 5.74) is 3.53. The van der Waals surface area contributed by atoms with Gasteiger partial charge in [-0.2, -0.15) is 5.10 Å². The van der Waals surface area contributed by atoms with Gasteiger partial charge in [0, 0.05) is 53.1 Å². The van der Waals surface area contributed by atoms with Crippen molar-refractivity contribution in [1.82, 2.24) is 24.9 Å². The molecule has 0 saturated carbocycles. The maximum atomic E-state index is 13.3. The summed E-state index contributed by atoms with van der Waals surface area (Å²) in [4.78, 5) is 23.1. The second-order valence-corrected chi connectivity index (χ2v) is 10.6. The van der Waals surface area contributed by atoms with Crippen LogP contribution in [0.4, 0.5) is 5.69 Å².